The molecule has 0 aromatic heterocycles. The molecule has 0 N–H and O–H groups in total. The number of rotatable bonds is 5. The van der Waals surface area contributed by atoms with Crippen LogP contribution in [0.4, 0.5) is 0 Å². The molecule has 3 fully saturated rings. The van der Waals surface area contributed by atoms with E-state index >= 15 is 0 Å². The first-order valence-corrected chi connectivity index (χ1v) is 7.62. The monoisotopic (exact) mass is 242 g/mol. The van der Waals surface area contributed by atoms with Crippen LogP contribution in [0.2, 0.25) is 0 Å². The van der Waals surface area contributed by atoms with Gasteiger partial charge in [0.05, 0.1) is 23.5 Å². The van der Waals surface area contributed by atoms with Crippen molar-refractivity contribution in [3.8, 4) is 12.1 Å². The predicted molar refractivity (Wildman–Crippen MR) is 69.2 cm³/mol. The fourth-order valence-electron chi connectivity index (χ4n) is 4.17. The summed E-state index contributed by atoms with van der Waals surface area (Å²) in [6, 6.07) is 5.22. The molecule has 0 spiro atoms. The molecule has 2 nitrogen and oxygen atoms in total. The Morgan fingerprint density at radius 3 is 2.00 bits per heavy atom. The summed E-state index contributed by atoms with van der Waals surface area (Å²) in [5.41, 5.74) is -0.284. The van der Waals surface area contributed by atoms with Crippen molar-refractivity contribution in [1.82, 2.24) is 0 Å². The Kier molecular flexibility index (Phi) is 3.06. The van der Waals surface area contributed by atoms with Crippen LogP contribution in [0.15, 0.2) is 0 Å². The lowest BCUT2D eigenvalue weighted by Gasteiger charge is -2.37. The molecule has 96 valence electrons. The van der Waals surface area contributed by atoms with Crippen LogP contribution < -0.4 is 0 Å². The van der Waals surface area contributed by atoms with Crippen LogP contribution in [0, 0.1) is 51.7 Å². The Balaban J connectivity index is 1.86. The lowest BCUT2D eigenvalue weighted by molar-refractivity contribution is 0.133. The number of nitrogens with zero attached hydrogens (tertiary/aromatic N) is 2. The van der Waals surface area contributed by atoms with E-state index in [2.05, 4.69) is 12.1 Å². The Morgan fingerprint density at radius 2 is 1.56 bits per heavy atom. The largest absolute Gasteiger partial charge is 0.198 e. The lowest BCUT2D eigenvalue weighted by atomic mass is 9.62. The zero-order valence-electron chi connectivity index (χ0n) is 11.1. The molecule has 0 amide bonds. The van der Waals surface area contributed by atoms with Crippen LogP contribution in [0.25, 0.3) is 0 Å². The minimum atomic E-state index is -0.284. The van der Waals surface area contributed by atoms with Crippen LogP contribution in [0.1, 0.15) is 57.8 Å². The highest BCUT2D eigenvalue weighted by molar-refractivity contribution is 5.19. The lowest BCUT2D eigenvalue weighted by Crippen LogP contribution is -2.38. The van der Waals surface area contributed by atoms with E-state index in [4.69, 9.17) is 0 Å². The first kappa shape index (κ1) is 12.0. The van der Waals surface area contributed by atoms with Gasteiger partial charge in [-0.15, -0.1) is 0 Å². The number of hydrogen-bond acceptors (Lipinski definition) is 2. The second kappa shape index (κ2) is 4.58. The van der Waals surface area contributed by atoms with Crippen LogP contribution in [-0.2, 0) is 0 Å². The van der Waals surface area contributed by atoms with Gasteiger partial charge in [0.25, 0.3) is 0 Å². The molecule has 2 unspecified atom stereocenters. The fraction of sp³-hybridized carbons (Fsp3) is 0.875. The van der Waals surface area contributed by atoms with Crippen molar-refractivity contribution in [2.24, 2.45) is 29.1 Å². The van der Waals surface area contributed by atoms with Gasteiger partial charge >= 0.3 is 0 Å². The molecule has 0 aromatic carbocycles. The molecule has 3 saturated carbocycles. The molecule has 0 bridgehead atoms. The third-order valence-electron chi connectivity index (χ3n) is 5.48. The van der Waals surface area contributed by atoms with Gasteiger partial charge in [-0.2, -0.15) is 10.5 Å². The van der Waals surface area contributed by atoms with Crippen LogP contribution in [0.5, 0.6) is 0 Å². The average molecular weight is 242 g/mol. The van der Waals surface area contributed by atoms with Gasteiger partial charge in [-0.05, 0) is 49.9 Å². The van der Waals surface area contributed by atoms with Gasteiger partial charge in [0.15, 0.2) is 0 Å². The molecule has 0 heterocycles. The molecular formula is C16H22N2. The molecule has 0 saturated heterocycles. The van der Waals surface area contributed by atoms with Gasteiger partial charge in [-0.1, -0.05) is 25.7 Å². The van der Waals surface area contributed by atoms with E-state index in [1.807, 2.05) is 0 Å². The summed E-state index contributed by atoms with van der Waals surface area (Å²) >= 11 is 0. The molecule has 3 aliphatic carbocycles. The minimum Gasteiger partial charge on any atom is -0.198 e. The maximum Gasteiger partial charge on any atom is 0.0787 e. The molecule has 0 radical (unpaired) electrons. The maximum atomic E-state index is 9.88. The molecule has 3 aliphatic rings. The maximum absolute atomic E-state index is 9.88. The zero-order valence-corrected chi connectivity index (χ0v) is 11.1. The quantitative estimate of drug-likeness (QED) is 0.730. The normalized spacial score (nSPS) is 29.2. The molecule has 3 rings (SSSR count). The van der Waals surface area contributed by atoms with Crippen molar-refractivity contribution in [2.75, 3.05) is 0 Å². The molecule has 18 heavy (non-hydrogen) atoms. The highest BCUT2D eigenvalue weighted by Crippen LogP contribution is 2.59. The number of hydrogen-bond donors (Lipinski definition) is 0. The van der Waals surface area contributed by atoms with E-state index in [1.54, 1.807) is 0 Å². The summed E-state index contributed by atoms with van der Waals surface area (Å²) in [5, 5.41) is 19.5. The Bertz CT molecular complexity index is 388. The SMILES string of the molecule is N#CC(CC1CC1)C(C#N)(C1CCCC1)C1CC1. The predicted octanol–water partition coefficient (Wildman–Crippen LogP) is 4.04. The smallest absolute Gasteiger partial charge is 0.0787 e. The average Bonchev–Trinajstić information content (AvgIpc) is 3.31. The molecule has 0 aromatic rings. The Hall–Kier alpha value is -1.02. The first-order valence-electron chi connectivity index (χ1n) is 7.62. The zero-order chi connectivity index (χ0) is 12.6. The Morgan fingerprint density at radius 1 is 0.944 bits per heavy atom. The van der Waals surface area contributed by atoms with Crippen molar-refractivity contribution in [3.63, 3.8) is 0 Å². The summed E-state index contributed by atoms with van der Waals surface area (Å²) in [6.45, 7) is 0. The van der Waals surface area contributed by atoms with Crippen molar-refractivity contribution >= 4 is 0 Å². The first-order chi connectivity index (χ1) is 8.81. The highest BCUT2D eigenvalue weighted by atomic mass is 14.6. The molecular weight excluding hydrogens is 220 g/mol. The second-order valence-electron chi connectivity index (χ2n) is 6.66. The number of nitriles is 2. The molecule has 2 heteroatoms. The second-order valence-corrected chi connectivity index (χ2v) is 6.66. The van der Waals surface area contributed by atoms with Gasteiger partial charge < -0.3 is 0 Å². The summed E-state index contributed by atoms with van der Waals surface area (Å²) in [6.07, 6.45) is 10.9. The van der Waals surface area contributed by atoms with Crippen molar-refractivity contribution in [1.29, 1.82) is 10.5 Å². The summed E-state index contributed by atoms with van der Waals surface area (Å²) < 4.78 is 0. The van der Waals surface area contributed by atoms with Crippen molar-refractivity contribution in [3.05, 3.63) is 0 Å². The van der Waals surface area contributed by atoms with E-state index in [0.717, 1.165) is 12.3 Å². The van der Waals surface area contributed by atoms with Crippen LogP contribution >= 0.6 is 0 Å². The van der Waals surface area contributed by atoms with Crippen molar-refractivity contribution < 1.29 is 0 Å². The standard InChI is InChI=1S/C16H22N2/c17-10-15(9-12-5-6-12)16(11-18,14-7-8-14)13-3-1-2-4-13/h12-15H,1-9H2. The third-order valence-corrected chi connectivity index (χ3v) is 5.48. The van der Waals surface area contributed by atoms with Gasteiger partial charge in [0.2, 0.25) is 0 Å². The summed E-state index contributed by atoms with van der Waals surface area (Å²) in [4.78, 5) is 0. The third kappa shape index (κ3) is 1.93. The van der Waals surface area contributed by atoms with E-state index < -0.39 is 0 Å². The highest BCUT2D eigenvalue weighted by Gasteiger charge is 2.56. The Labute approximate surface area is 110 Å². The topological polar surface area (TPSA) is 47.6 Å². The molecule has 2 atom stereocenters. The van der Waals surface area contributed by atoms with Crippen LogP contribution in [-0.4, -0.2) is 0 Å². The van der Waals surface area contributed by atoms with E-state index in [9.17, 15) is 10.5 Å². The van der Waals surface area contributed by atoms with E-state index in [1.165, 1.54) is 51.4 Å². The van der Waals surface area contributed by atoms with Gasteiger partial charge in [0.1, 0.15) is 0 Å². The minimum absolute atomic E-state index is 0.00519. The molecule has 0 aliphatic heterocycles. The summed E-state index contributed by atoms with van der Waals surface area (Å²) in [7, 11) is 0. The fourth-order valence-corrected chi connectivity index (χ4v) is 4.17. The van der Waals surface area contributed by atoms with Crippen LogP contribution in [0.3, 0.4) is 0 Å². The summed E-state index contributed by atoms with van der Waals surface area (Å²) in [5.74, 6) is 1.81. The van der Waals surface area contributed by atoms with Gasteiger partial charge in [0, 0.05) is 0 Å². The van der Waals surface area contributed by atoms with Gasteiger partial charge in [-0.25, -0.2) is 0 Å². The van der Waals surface area contributed by atoms with Gasteiger partial charge in [-0.3, -0.25) is 0 Å². The van der Waals surface area contributed by atoms with E-state index in [-0.39, 0.29) is 11.3 Å². The van der Waals surface area contributed by atoms with E-state index in [0.29, 0.717) is 11.8 Å². The van der Waals surface area contributed by atoms with Crippen molar-refractivity contribution in [2.45, 2.75) is 57.8 Å².